The molecule has 0 aliphatic rings. The number of rotatable bonds is 6. The van der Waals surface area contributed by atoms with E-state index in [-0.39, 0.29) is 22.5 Å². The van der Waals surface area contributed by atoms with Gasteiger partial charge in [0.15, 0.2) is 0 Å². The van der Waals surface area contributed by atoms with Gasteiger partial charge in [-0.3, -0.25) is 14.3 Å². The monoisotopic (exact) mass is 290 g/mol. The number of nitro groups is 1. The first kappa shape index (κ1) is 15.1. The minimum Gasteiger partial charge on any atom is -0.328 e. The van der Waals surface area contributed by atoms with E-state index in [2.05, 4.69) is 0 Å². The summed E-state index contributed by atoms with van der Waals surface area (Å²) in [6, 6.07) is 4.40. The Bertz CT molecular complexity index is 466. The summed E-state index contributed by atoms with van der Waals surface area (Å²) in [5.41, 5.74) is 5.81. The smallest absolute Gasteiger partial charge is 0.275 e. The van der Waals surface area contributed by atoms with Crippen LogP contribution in [-0.4, -0.2) is 20.9 Å². The van der Waals surface area contributed by atoms with Crippen molar-refractivity contribution in [1.82, 2.24) is 0 Å². The third kappa shape index (κ3) is 4.36. The van der Waals surface area contributed by atoms with Gasteiger partial charge in [0.05, 0.1) is 21.3 Å². The second kappa shape index (κ2) is 6.82. The highest BCUT2D eigenvalue weighted by Crippen LogP contribution is 2.27. The molecule has 1 aromatic rings. The molecule has 5 nitrogen and oxygen atoms in total. The van der Waals surface area contributed by atoms with Crippen LogP contribution in [0.15, 0.2) is 18.2 Å². The van der Waals surface area contributed by atoms with Crippen molar-refractivity contribution in [1.29, 1.82) is 0 Å². The number of nitrogens with zero attached hydrogens (tertiary/aromatic N) is 1. The first-order valence-electron chi connectivity index (χ1n) is 5.44. The fraction of sp³-hybridized carbons (Fsp3) is 0.455. The van der Waals surface area contributed by atoms with E-state index in [1.807, 2.05) is 6.92 Å². The molecule has 18 heavy (non-hydrogen) atoms. The highest BCUT2D eigenvalue weighted by molar-refractivity contribution is 7.84. The van der Waals surface area contributed by atoms with Gasteiger partial charge in [0, 0.05) is 28.7 Å². The van der Waals surface area contributed by atoms with Crippen LogP contribution in [-0.2, 0) is 16.6 Å². The van der Waals surface area contributed by atoms with E-state index in [4.69, 9.17) is 17.3 Å². The molecule has 0 amide bonds. The van der Waals surface area contributed by atoms with Gasteiger partial charge in [-0.1, -0.05) is 17.7 Å². The molecule has 0 bridgehead atoms. The average molecular weight is 291 g/mol. The zero-order valence-electron chi connectivity index (χ0n) is 9.97. The molecule has 1 rings (SSSR count). The van der Waals surface area contributed by atoms with Gasteiger partial charge in [-0.15, -0.1) is 0 Å². The molecule has 0 saturated heterocycles. The number of nitro benzene ring substituents is 1. The summed E-state index contributed by atoms with van der Waals surface area (Å²) in [6.45, 7) is 1.83. The van der Waals surface area contributed by atoms with Crippen molar-refractivity contribution in [3.05, 3.63) is 38.9 Å². The number of halogens is 1. The van der Waals surface area contributed by atoms with Crippen LogP contribution in [0.4, 0.5) is 5.69 Å². The van der Waals surface area contributed by atoms with E-state index in [1.54, 1.807) is 6.07 Å². The van der Waals surface area contributed by atoms with E-state index in [0.29, 0.717) is 17.7 Å². The van der Waals surface area contributed by atoms with Gasteiger partial charge in [0.25, 0.3) is 5.69 Å². The van der Waals surface area contributed by atoms with Gasteiger partial charge >= 0.3 is 0 Å². The second-order valence-electron chi connectivity index (χ2n) is 4.05. The predicted octanol–water partition coefficient (Wildman–Crippen LogP) is 2.23. The predicted molar refractivity (Wildman–Crippen MR) is 73.1 cm³/mol. The van der Waals surface area contributed by atoms with E-state index < -0.39 is 15.7 Å². The van der Waals surface area contributed by atoms with Crippen LogP contribution < -0.4 is 5.73 Å². The maximum atomic E-state index is 11.8. The Balaban J connectivity index is 2.83. The molecule has 2 unspecified atom stereocenters. The lowest BCUT2D eigenvalue weighted by Crippen LogP contribution is -2.18. The van der Waals surface area contributed by atoms with Gasteiger partial charge in [0.1, 0.15) is 0 Å². The molecule has 7 heteroatoms. The maximum absolute atomic E-state index is 11.8. The first-order chi connectivity index (χ1) is 8.41. The molecule has 0 fully saturated rings. The summed E-state index contributed by atoms with van der Waals surface area (Å²) in [5.74, 6) is 0.503. The largest absolute Gasteiger partial charge is 0.328 e. The summed E-state index contributed by atoms with van der Waals surface area (Å²) < 4.78 is 11.8. The van der Waals surface area contributed by atoms with Gasteiger partial charge in [-0.25, -0.2) is 0 Å². The average Bonchev–Trinajstić information content (AvgIpc) is 2.28. The lowest BCUT2D eigenvalue weighted by atomic mass is 10.2. The minimum atomic E-state index is -1.20. The molecule has 0 aromatic heterocycles. The standard InChI is InChI=1S/C11H15ClN2O3S/c1-8(13)5-6-18(17)7-9-10(12)3-2-4-11(9)14(15)16/h2-4,8H,5-7,13H2,1H3. The molecule has 0 spiro atoms. The normalized spacial score (nSPS) is 14.2. The van der Waals surface area contributed by atoms with E-state index in [1.165, 1.54) is 12.1 Å². The Kier molecular flexibility index (Phi) is 5.71. The number of hydrogen-bond donors (Lipinski definition) is 1. The summed E-state index contributed by atoms with van der Waals surface area (Å²) in [7, 11) is -1.20. The van der Waals surface area contributed by atoms with Crippen LogP contribution >= 0.6 is 11.6 Å². The second-order valence-corrected chi connectivity index (χ2v) is 6.03. The topological polar surface area (TPSA) is 86.2 Å². The maximum Gasteiger partial charge on any atom is 0.275 e. The number of nitrogens with two attached hydrogens (primary N) is 1. The zero-order chi connectivity index (χ0) is 13.7. The lowest BCUT2D eigenvalue weighted by molar-refractivity contribution is -0.385. The molecule has 1 aromatic carbocycles. The van der Waals surface area contributed by atoms with Gasteiger partial charge in [-0.05, 0) is 19.4 Å². The van der Waals surface area contributed by atoms with E-state index >= 15 is 0 Å². The molecule has 0 aliphatic heterocycles. The molecule has 0 aliphatic carbocycles. The Morgan fingerprint density at radius 3 is 2.78 bits per heavy atom. The van der Waals surface area contributed by atoms with E-state index in [9.17, 15) is 14.3 Å². The Morgan fingerprint density at radius 1 is 1.56 bits per heavy atom. The summed E-state index contributed by atoms with van der Waals surface area (Å²) in [6.07, 6.45) is 0.616. The summed E-state index contributed by atoms with van der Waals surface area (Å²) in [5, 5.41) is 11.1. The fourth-order valence-corrected chi connectivity index (χ4v) is 3.13. The fourth-order valence-electron chi connectivity index (χ4n) is 1.41. The minimum absolute atomic E-state index is 0.0322. The van der Waals surface area contributed by atoms with Crippen LogP contribution in [0.2, 0.25) is 5.02 Å². The van der Waals surface area contributed by atoms with Crippen molar-refractivity contribution in [3.63, 3.8) is 0 Å². The molecule has 2 atom stereocenters. The van der Waals surface area contributed by atoms with Gasteiger partial charge < -0.3 is 5.73 Å². The van der Waals surface area contributed by atoms with Gasteiger partial charge in [0.2, 0.25) is 0 Å². The van der Waals surface area contributed by atoms with Crippen molar-refractivity contribution < 1.29 is 9.13 Å². The Morgan fingerprint density at radius 2 is 2.22 bits per heavy atom. The molecule has 0 saturated carbocycles. The van der Waals surface area contributed by atoms with Crippen molar-refractivity contribution in [3.8, 4) is 0 Å². The zero-order valence-corrected chi connectivity index (χ0v) is 11.5. The molecule has 2 N–H and O–H groups in total. The van der Waals surface area contributed by atoms with Crippen LogP contribution in [0.1, 0.15) is 18.9 Å². The van der Waals surface area contributed by atoms with E-state index in [0.717, 1.165) is 0 Å². The van der Waals surface area contributed by atoms with Crippen LogP contribution in [0.3, 0.4) is 0 Å². The third-order valence-corrected chi connectivity index (χ3v) is 4.05. The summed E-state index contributed by atoms with van der Waals surface area (Å²) in [4.78, 5) is 10.3. The van der Waals surface area contributed by atoms with Crippen molar-refractivity contribution in [2.45, 2.75) is 25.1 Å². The van der Waals surface area contributed by atoms with Gasteiger partial charge in [-0.2, -0.15) is 0 Å². The lowest BCUT2D eigenvalue weighted by Gasteiger charge is -2.07. The van der Waals surface area contributed by atoms with Crippen molar-refractivity contribution >= 4 is 28.1 Å². The van der Waals surface area contributed by atoms with Crippen molar-refractivity contribution in [2.75, 3.05) is 5.75 Å². The number of benzene rings is 1. The van der Waals surface area contributed by atoms with Crippen LogP contribution in [0.5, 0.6) is 0 Å². The molecule has 0 radical (unpaired) electrons. The Labute approximate surface area is 113 Å². The highest BCUT2D eigenvalue weighted by Gasteiger charge is 2.18. The third-order valence-electron chi connectivity index (χ3n) is 2.40. The molecular formula is C11H15ClN2O3S. The molecule has 0 heterocycles. The molecule has 100 valence electrons. The first-order valence-corrected chi connectivity index (χ1v) is 7.30. The van der Waals surface area contributed by atoms with Crippen LogP contribution in [0.25, 0.3) is 0 Å². The number of hydrogen-bond acceptors (Lipinski definition) is 4. The SMILES string of the molecule is CC(N)CCS(=O)Cc1c(Cl)cccc1[N+](=O)[O-]. The Hall–Kier alpha value is -0.980. The highest BCUT2D eigenvalue weighted by atomic mass is 35.5. The van der Waals surface area contributed by atoms with Crippen molar-refractivity contribution in [2.24, 2.45) is 5.73 Å². The molecular weight excluding hydrogens is 276 g/mol. The quantitative estimate of drug-likeness (QED) is 0.643. The van der Waals surface area contributed by atoms with Crippen LogP contribution in [0, 0.1) is 10.1 Å². The summed E-state index contributed by atoms with van der Waals surface area (Å²) >= 11 is 5.92.